The molecule has 5 nitrogen and oxygen atoms in total. The van der Waals surface area contributed by atoms with E-state index in [2.05, 4.69) is 16.0 Å². The van der Waals surface area contributed by atoms with Gasteiger partial charge < -0.3 is 4.74 Å². The van der Waals surface area contributed by atoms with Crippen molar-refractivity contribution >= 4 is 16.0 Å². The van der Waals surface area contributed by atoms with E-state index in [4.69, 9.17) is 0 Å². The van der Waals surface area contributed by atoms with Gasteiger partial charge in [0.05, 0.1) is 4.90 Å². The van der Waals surface area contributed by atoms with Crippen LogP contribution >= 0.6 is 0 Å². The van der Waals surface area contributed by atoms with Crippen LogP contribution in [0.3, 0.4) is 0 Å². The molecule has 0 aliphatic heterocycles. The topological polar surface area (TPSA) is 72.5 Å². The summed E-state index contributed by atoms with van der Waals surface area (Å²) in [6.45, 7) is 3.04. The molecule has 92 valence electrons. The smallest absolute Gasteiger partial charge is 0.321 e. The first kappa shape index (κ1) is 13.4. The number of ether oxygens (including phenoxy) is 1. The van der Waals surface area contributed by atoms with Gasteiger partial charge in [-0.2, -0.15) is 4.72 Å². The van der Waals surface area contributed by atoms with Gasteiger partial charge >= 0.3 is 5.97 Å². The molecular formula is C11H13NO4S. The number of hydrogen-bond acceptors (Lipinski definition) is 4. The zero-order chi connectivity index (χ0) is 12.7. The lowest BCUT2D eigenvalue weighted by Gasteiger charge is -2.05. The molecule has 0 unspecified atom stereocenters. The Labute approximate surface area is 100 Å². The van der Waals surface area contributed by atoms with Crippen molar-refractivity contribution in [3.05, 3.63) is 43.0 Å². The minimum absolute atomic E-state index is 0.0614. The fourth-order valence-electron chi connectivity index (χ4n) is 1.04. The molecule has 0 saturated carbocycles. The Bertz CT molecular complexity index is 481. The number of hydrogen-bond donors (Lipinski definition) is 1. The zero-order valence-electron chi connectivity index (χ0n) is 9.13. The summed E-state index contributed by atoms with van der Waals surface area (Å²) in [5, 5.41) is 0. The Morgan fingerprint density at radius 3 is 2.59 bits per heavy atom. The van der Waals surface area contributed by atoms with Crippen molar-refractivity contribution in [3.63, 3.8) is 0 Å². The zero-order valence-corrected chi connectivity index (χ0v) is 9.94. The Morgan fingerprint density at radius 1 is 1.35 bits per heavy atom. The highest BCUT2D eigenvalue weighted by Gasteiger charge is 2.14. The van der Waals surface area contributed by atoms with E-state index in [1.807, 2.05) is 0 Å². The number of sulfonamides is 1. The fraction of sp³-hybridized carbons (Fsp3) is 0.182. The van der Waals surface area contributed by atoms with Gasteiger partial charge in [0.1, 0.15) is 13.2 Å². The highest BCUT2D eigenvalue weighted by atomic mass is 32.2. The molecule has 0 saturated heterocycles. The summed E-state index contributed by atoms with van der Waals surface area (Å²) in [5.74, 6) is -0.649. The van der Waals surface area contributed by atoms with Crippen molar-refractivity contribution in [2.45, 2.75) is 4.90 Å². The summed E-state index contributed by atoms with van der Waals surface area (Å²) < 4.78 is 30.1. The van der Waals surface area contributed by atoms with Crippen molar-refractivity contribution in [2.24, 2.45) is 0 Å². The Hall–Kier alpha value is -1.66. The summed E-state index contributed by atoms with van der Waals surface area (Å²) in [7, 11) is -3.66. The monoisotopic (exact) mass is 255 g/mol. The van der Waals surface area contributed by atoms with Crippen LogP contribution in [0, 0.1) is 0 Å². The van der Waals surface area contributed by atoms with E-state index >= 15 is 0 Å². The predicted molar refractivity (Wildman–Crippen MR) is 62.8 cm³/mol. The third-order valence-corrected chi connectivity index (χ3v) is 3.24. The van der Waals surface area contributed by atoms with Gasteiger partial charge in [-0.1, -0.05) is 30.9 Å². The van der Waals surface area contributed by atoms with Crippen molar-refractivity contribution < 1.29 is 17.9 Å². The molecule has 1 aromatic carbocycles. The highest BCUT2D eigenvalue weighted by molar-refractivity contribution is 7.89. The van der Waals surface area contributed by atoms with Crippen LogP contribution in [-0.4, -0.2) is 27.5 Å². The molecule has 1 aromatic rings. The molecule has 0 radical (unpaired) electrons. The molecule has 0 amide bonds. The van der Waals surface area contributed by atoms with Crippen LogP contribution in [0.15, 0.2) is 47.9 Å². The van der Waals surface area contributed by atoms with Crippen LogP contribution in [-0.2, 0) is 19.6 Å². The predicted octanol–water partition coefficient (Wildman–Crippen LogP) is 0.694. The second-order valence-electron chi connectivity index (χ2n) is 3.11. The van der Waals surface area contributed by atoms with E-state index in [9.17, 15) is 13.2 Å². The largest absolute Gasteiger partial charge is 0.460 e. The summed E-state index contributed by atoms with van der Waals surface area (Å²) in [4.78, 5) is 11.2. The van der Waals surface area contributed by atoms with Crippen LogP contribution in [0.2, 0.25) is 0 Å². The molecule has 0 fully saturated rings. The lowest BCUT2D eigenvalue weighted by Crippen LogP contribution is -2.30. The molecule has 1 N–H and O–H groups in total. The maximum atomic E-state index is 11.7. The van der Waals surface area contributed by atoms with E-state index < -0.39 is 22.5 Å². The van der Waals surface area contributed by atoms with Gasteiger partial charge in [0, 0.05) is 0 Å². The molecule has 0 atom stereocenters. The summed E-state index contributed by atoms with van der Waals surface area (Å²) in [5.41, 5.74) is 0. The number of benzene rings is 1. The van der Waals surface area contributed by atoms with E-state index in [0.29, 0.717) is 0 Å². The van der Waals surface area contributed by atoms with Crippen molar-refractivity contribution in [1.29, 1.82) is 0 Å². The first-order valence-electron chi connectivity index (χ1n) is 4.87. The third-order valence-electron chi connectivity index (χ3n) is 1.82. The number of esters is 1. The Balaban J connectivity index is 2.57. The molecular weight excluding hydrogens is 242 g/mol. The molecule has 0 heterocycles. The van der Waals surface area contributed by atoms with Gasteiger partial charge in [-0.05, 0) is 12.1 Å². The van der Waals surface area contributed by atoms with Crippen LogP contribution in [0.25, 0.3) is 0 Å². The quantitative estimate of drug-likeness (QED) is 0.599. The maximum Gasteiger partial charge on any atom is 0.321 e. The summed E-state index contributed by atoms with van der Waals surface area (Å²) in [6.07, 6.45) is 1.41. The molecule has 0 aliphatic rings. The molecule has 0 aromatic heterocycles. The van der Waals surface area contributed by atoms with E-state index in [1.54, 1.807) is 18.2 Å². The summed E-state index contributed by atoms with van der Waals surface area (Å²) in [6, 6.07) is 7.79. The Kier molecular flexibility index (Phi) is 4.86. The molecule has 17 heavy (non-hydrogen) atoms. The van der Waals surface area contributed by atoms with E-state index in [0.717, 1.165) is 0 Å². The first-order chi connectivity index (χ1) is 8.06. The molecule has 0 aliphatic carbocycles. The lowest BCUT2D eigenvalue weighted by atomic mass is 10.4. The van der Waals surface area contributed by atoms with Crippen molar-refractivity contribution in [3.8, 4) is 0 Å². The van der Waals surface area contributed by atoms with Crippen molar-refractivity contribution in [2.75, 3.05) is 13.2 Å². The number of nitrogens with one attached hydrogen (secondary N) is 1. The van der Waals surface area contributed by atoms with Gasteiger partial charge in [0.2, 0.25) is 10.0 Å². The second-order valence-corrected chi connectivity index (χ2v) is 4.88. The van der Waals surface area contributed by atoms with Crippen LogP contribution < -0.4 is 4.72 Å². The van der Waals surface area contributed by atoms with Gasteiger partial charge in [0.15, 0.2) is 0 Å². The number of carbonyl (C=O) groups excluding carboxylic acids is 1. The number of carbonyl (C=O) groups is 1. The average molecular weight is 255 g/mol. The van der Waals surface area contributed by atoms with Crippen LogP contribution in [0.1, 0.15) is 0 Å². The lowest BCUT2D eigenvalue weighted by molar-refractivity contribution is -0.140. The third kappa shape index (κ3) is 4.38. The SMILES string of the molecule is C=CCOC(=O)CNS(=O)(=O)c1ccccc1. The second kappa shape index (κ2) is 6.17. The fourth-order valence-corrected chi connectivity index (χ4v) is 2.03. The number of rotatable bonds is 6. The normalized spacial score (nSPS) is 10.8. The minimum Gasteiger partial charge on any atom is -0.460 e. The van der Waals surface area contributed by atoms with Crippen LogP contribution in [0.5, 0.6) is 0 Å². The van der Waals surface area contributed by atoms with Gasteiger partial charge in [0.25, 0.3) is 0 Å². The Morgan fingerprint density at radius 2 is 2.00 bits per heavy atom. The highest BCUT2D eigenvalue weighted by Crippen LogP contribution is 2.06. The molecule has 1 rings (SSSR count). The maximum absolute atomic E-state index is 11.7. The van der Waals surface area contributed by atoms with E-state index in [1.165, 1.54) is 18.2 Å². The van der Waals surface area contributed by atoms with E-state index in [-0.39, 0.29) is 11.5 Å². The van der Waals surface area contributed by atoms with Crippen LogP contribution in [0.4, 0.5) is 0 Å². The molecule has 0 spiro atoms. The standard InChI is InChI=1S/C11H13NO4S/c1-2-8-16-11(13)9-12-17(14,15)10-6-4-3-5-7-10/h2-7,12H,1,8-9H2. The molecule has 6 heteroatoms. The van der Waals surface area contributed by atoms with Gasteiger partial charge in [-0.3, -0.25) is 4.79 Å². The summed E-state index contributed by atoms with van der Waals surface area (Å²) >= 11 is 0. The van der Waals surface area contributed by atoms with Gasteiger partial charge in [-0.25, -0.2) is 8.42 Å². The minimum atomic E-state index is -3.66. The average Bonchev–Trinajstić information content (AvgIpc) is 2.35. The van der Waals surface area contributed by atoms with Gasteiger partial charge in [-0.15, -0.1) is 0 Å². The van der Waals surface area contributed by atoms with Crippen molar-refractivity contribution in [1.82, 2.24) is 4.72 Å². The first-order valence-corrected chi connectivity index (χ1v) is 6.36. The molecule has 0 bridgehead atoms.